The van der Waals surface area contributed by atoms with Crippen molar-refractivity contribution in [1.82, 2.24) is 14.7 Å². The Morgan fingerprint density at radius 2 is 1.50 bits per heavy atom. The van der Waals surface area contributed by atoms with Crippen molar-refractivity contribution < 1.29 is 14.4 Å². The van der Waals surface area contributed by atoms with Crippen LogP contribution in [0.15, 0.2) is 0 Å². The molecule has 0 amide bonds. The molecule has 24 heavy (non-hydrogen) atoms. The average molecular weight is 339 g/mol. The van der Waals surface area contributed by atoms with Gasteiger partial charge in [0, 0.05) is 32.4 Å². The first kappa shape index (κ1) is 20.9. The number of ketones is 2. The fourth-order valence-corrected chi connectivity index (χ4v) is 2.98. The van der Waals surface area contributed by atoms with Gasteiger partial charge in [-0.1, -0.05) is 0 Å². The lowest BCUT2D eigenvalue weighted by Gasteiger charge is -2.19. The summed E-state index contributed by atoms with van der Waals surface area (Å²) in [5, 5.41) is 0. The second-order valence-corrected chi connectivity index (χ2v) is 7.05. The summed E-state index contributed by atoms with van der Waals surface area (Å²) in [5.41, 5.74) is 0. The van der Waals surface area contributed by atoms with Crippen LogP contribution in [0.4, 0.5) is 0 Å². The Morgan fingerprint density at radius 1 is 0.833 bits per heavy atom. The molecular formula is C18H33N3O3. The predicted molar refractivity (Wildman–Crippen MR) is 95.2 cm³/mol. The first-order chi connectivity index (χ1) is 11.4. The molecule has 138 valence electrons. The van der Waals surface area contributed by atoms with Gasteiger partial charge in [-0.25, -0.2) is 0 Å². The molecule has 3 fully saturated rings. The Balaban J connectivity index is 0.000000180. The van der Waals surface area contributed by atoms with Gasteiger partial charge >= 0.3 is 0 Å². The number of Topliss-reactive ketones (excluding diaryl/α,β-unsaturated/α-hetero) is 2. The molecule has 0 N–H and O–H groups in total. The number of rotatable bonds is 1. The molecule has 0 aromatic rings. The second kappa shape index (κ2) is 11.4. The highest BCUT2D eigenvalue weighted by Crippen LogP contribution is 2.11. The molecule has 6 nitrogen and oxygen atoms in total. The minimum Gasteiger partial charge on any atom is -0.305 e. The van der Waals surface area contributed by atoms with E-state index in [4.69, 9.17) is 0 Å². The van der Waals surface area contributed by atoms with Gasteiger partial charge in [-0.3, -0.25) is 19.4 Å². The monoisotopic (exact) mass is 339 g/mol. The topological polar surface area (TPSA) is 60.9 Å². The molecule has 6 heteroatoms. The summed E-state index contributed by atoms with van der Waals surface area (Å²) in [4.78, 5) is 37.7. The molecule has 3 saturated heterocycles. The van der Waals surface area contributed by atoms with E-state index in [-0.39, 0.29) is 6.04 Å². The number of carbonyl (C=O) groups excluding carboxylic acids is 3. The van der Waals surface area contributed by atoms with Crippen LogP contribution in [0.25, 0.3) is 0 Å². The fraction of sp³-hybridized carbons (Fsp3) is 0.833. The molecule has 3 rings (SSSR count). The normalized spacial score (nSPS) is 26.2. The van der Waals surface area contributed by atoms with E-state index in [0.29, 0.717) is 18.1 Å². The van der Waals surface area contributed by atoms with Crippen LogP contribution in [0.3, 0.4) is 0 Å². The quantitative estimate of drug-likeness (QED) is 0.660. The molecule has 0 spiro atoms. The van der Waals surface area contributed by atoms with Crippen molar-refractivity contribution in [2.24, 2.45) is 0 Å². The molecule has 0 aromatic heterocycles. The lowest BCUT2D eigenvalue weighted by molar-refractivity contribution is -0.122. The van der Waals surface area contributed by atoms with E-state index in [0.717, 1.165) is 64.6 Å². The Hall–Kier alpha value is -1.11. The number of hydrogen-bond donors (Lipinski definition) is 0. The predicted octanol–water partition coefficient (Wildman–Crippen LogP) is 0.842. The van der Waals surface area contributed by atoms with Gasteiger partial charge in [0.05, 0.1) is 12.6 Å². The molecule has 1 atom stereocenters. The van der Waals surface area contributed by atoms with E-state index in [1.807, 2.05) is 21.1 Å². The summed E-state index contributed by atoms with van der Waals surface area (Å²) in [7, 11) is 6.02. The van der Waals surface area contributed by atoms with Crippen molar-refractivity contribution >= 4 is 17.9 Å². The summed E-state index contributed by atoms with van der Waals surface area (Å²) in [6, 6.07) is 0.218. The zero-order valence-corrected chi connectivity index (χ0v) is 15.5. The van der Waals surface area contributed by atoms with Crippen LogP contribution in [0.2, 0.25) is 0 Å². The molecule has 0 bridgehead atoms. The highest BCUT2D eigenvalue weighted by atomic mass is 16.1. The molecule has 0 saturated carbocycles. The summed E-state index contributed by atoms with van der Waals surface area (Å²) >= 11 is 0. The van der Waals surface area contributed by atoms with Crippen molar-refractivity contribution in [2.75, 3.05) is 53.9 Å². The number of carbonyl (C=O) groups is 3. The first-order valence-corrected chi connectivity index (χ1v) is 8.98. The van der Waals surface area contributed by atoms with Crippen molar-refractivity contribution in [3.8, 4) is 0 Å². The summed E-state index contributed by atoms with van der Waals surface area (Å²) < 4.78 is 0. The van der Waals surface area contributed by atoms with E-state index in [1.54, 1.807) is 0 Å². The lowest BCUT2D eigenvalue weighted by atomic mass is 10.1. The van der Waals surface area contributed by atoms with Gasteiger partial charge in [-0.2, -0.15) is 0 Å². The van der Waals surface area contributed by atoms with Crippen LogP contribution >= 0.6 is 0 Å². The van der Waals surface area contributed by atoms with Gasteiger partial charge in [-0.15, -0.1) is 0 Å². The molecule has 0 aliphatic carbocycles. The Morgan fingerprint density at radius 3 is 1.83 bits per heavy atom. The maximum atomic E-state index is 10.6. The van der Waals surface area contributed by atoms with Crippen molar-refractivity contribution in [2.45, 2.75) is 44.6 Å². The highest BCUT2D eigenvalue weighted by molar-refractivity contribution is 5.81. The van der Waals surface area contributed by atoms with Gasteiger partial charge in [0.2, 0.25) is 0 Å². The van der Waals surface area contributed by atoms with E-state index in [2.05, 4.69) is 14.7 Å². The van der Waals surface area contributed by atoms with Crippen molar-refractivity contribution in [3.63, 3.8) is 0 Å². The molecular weight excluding hydrogens is 306 g/mol. The Bertz CT molecular complexity index is 404. The highest BCUT2D eigenvalue weighted by Gasteiger charge is 2.18. The minimum absolute atomic E-state index is 0.218. The average Bonchev–Trinajstić information content (AvgIpc) is 2.96. The van der Waals surface area contributed by atoms with E-state index in [9.17, 15) is 14.4 Å². The van der Waals surface area contributed by atoms with Gasteiger partial charge in [0.25, 0.3) is 0 Å². The number of hydrogen-bond acceptors (Lipinski definition) is 6. The summed E-state index contributed by atoms with van der Waals surface area (Å²) in [6.07, 6.45) is 6.64. The lowest BCUT2D eigenvalue weighted by Crippen LogP contribution is -2.31. The van der Waals surface area contributed by atoms with Gasteiger partial charge in [-0.05, 0) is 53.5 Å². The number of likely N-dealkylation sites (tertiary alicyclic amines) is 3. The molecule has 3 aliphatic heterocycles. The Kier molecular flexibility index (Phi) is 9.98. The molecule has 0 radical (unpaired) electrons. The van der Waals surface area contributed by atoms with Crippen LogP contribution in [-0.4, -0.2) is 92.5 Å². The van der Waals surface area contributed by atoms with Crippen LogP contribution in [0.1, 0.15) is 38.5 Å². The van der Waals surface area contributed by atoms with E-state index >= 15 is 0 Å². The maximum absolute atomic E-state index is 10.6. The zero-order valence-electron chi connectivity index (χ0n) is 15.5. The second-order valence-electron chi connectivity index (χ2n) is 7.05. The molecule has 3 aliphatic rings. The number of piperidine rings is 2. The minimum atomic E-state index is 0.218. The van der Waals surface area contributed by atoms with Gasteiger partial charge in [0.15, 0.2) is 0 Å². The van der Waals surface area contributed by atoms with Crippen LogP contribution in [-0.2, 0) is 14.4 Å². The largest absolute Gasteiger partial charge is 0.305 e. The maximum Gasteiger partial charge on any atom is 0.146 e. The standard InChI is InChI=1S/3C6H11NO/c1-7-4-2-6(8)3-5-7;1-7-4-2-3-6(7)5-8;1-7-4-2-3-6(8)5-7/h2-5H2,1H3;5-6H,2-4H2,1H3;2-5H2,1H3. The third-order valence-corrected chi connectivity index (χ3v) is 4.72. The third kappa shape index (κ3) is 8.66. The van der Waals surface area contributed by atoms with E-state index < -0.39 is 0 Å². The fourth-order valence-electron chi connectivity index (χ4n) is 2.98. The van der Waals surface area contributed by atoms with Crippen molar-refractivity contribution in [3.05, 3.63) is 0 Å². The summed E-state index contributed by atoms with van der Waals surface area (Å²) in [6.45, 7) is 4.76. The number of nitrogens with zero attached hydrogens (tertiary/aromatic N) is 3. The molecule has 1 unspecified atom stereocenters. The van der Waals surface area contributed by atoms with Gasteiger partial charge < -0.3 is 9.69 Å². The van der Waals surface area contributed by atoms with Crippen molar-refractivity contribution in [1.29, 1.82) is 0 Å². The zero-order chi connectivity index (χ0) is 17.9. The summed E-state index contributed by atoms with van der Waals surface area (Å²) in [5.74, 6) is 0.807. The third-order valence-electron chi connectivity index (χ3n) is 4.72. The molecule has 3 heterocycles. The van der Waals surface area contributed by atoms with Crippen LogP contribution in [0, 0.1) is 0 Å². The first-order valence-electron chi connectivity index (χ1n) is 8.98. The smallest absolute Gasteiger partial charge is 0.146 e. The number of aldehydes is 1. The Labute approximate surface area is 146 Å². The SMILES string of the molecule is CN1CCC(=O)CC1.CN1CCCC(=O)C1.CN1CCCC1C=O. The van der Waals surface area contributed by atoms with Gasteiger partial charge in [0.1, 0.15) is 17.9 Å². The number of likely N-dealkylation sites (N-methyl/N-ethyl adjacent to an activating group) is 2. The molecule has 0 aromatic carbocycles. The van der Waals surface area contributed by atoms with E-state index in [1.165, 1.54) is 6.42 Å². The van der Waals surface area contributed by atoms with Crippen LogP contribution < -0.4 is 0 Å². The van der Waals surface area contributed by atoms with Crippen LogP contribution in [0.5, 0.6) is 0 Å².